The Morgan fingerprint density at radius 2 is 1.70 bits per heavy atom. The smallest absolute Gasteiger partial charge is 0.251 e. The van der Waals surface area contributed by atoms with Gasteiger partial charge in [-0.3, -0.25) is 9.59 Å². The third kappa shape index (κ3) is 2.80. The molecule has 2 aromatic rings. The van der Waals surface area contributed by atoms with E-state index in [1.54, 1.807) is 12.1 Å². The van der Waals surface area contributed by atoms with Gasteiger partial charge in [-0.05, 0) is 34.9 Å². The first kappa shape index (κ1) is 13.7. The van der Waals surface area contributed by atoms with E-state index in [1.807, 2.05) is 0 Å². The molecule has 0 radical (unpaired) electrons. The predicted molar refractivity (Wildman–Crippen MR) is 70.4 cm³/mol. The minimum absolute atomic E-state index is 0.0136. The minimum Gasteiger partial charge on any atom is -0.289 e. The Morgan fingerprint density at radius 3 is 2.30 bits per heavy atom. The van der Waals surface area contributed by atoms with Crippen molar-refractivity contribution < 1.29 is 9.59 Å². The number of aromatic nitrogens is 2. The normalized spacial score (nSPS) is 9.65. The zero-order valence-corrected chi connectivity index (χ0v) is 10.7. The number of carbonyl (C=O) groups excluding carboxylic acids is 2. The lowest BCUT2D eigenvalue weighted by atomic mass is 10.0. The molecule has 1 aromatic carbocycles. The number of rotatable bonds is 3. The van der Waals surface area contributed by atoms with Gasteiger partial charge < -0.3 is 0 Å². The number of carbonyl (C=O) groups is 2. The summed E-state index contributed by atoms with van der Waals surface area (Å²) in [6, 6.07) is 6.15. The molecule has 0 N–H and O–H groups in total. The Kier molecular flexibility index (Phi) is 4.05. The highest BCUT2D eigenvalue weighted by molar-refractivity contribution is 6.30. The van der Waals surface area contributed by atoms with Gasteiger partial charge in [0.25, 0.3) is 5.91 Å². The highest BCUT2D eigenvalue weighted by Crippen LogP contribution is 2.16. The molecule has 0 saturated heterocycles. The van der Waals surface area contributed by atoms with Crippen molar-refractivity contribution >= 4 is 23.3 Å². The van der Waals surface area contributed by atoms with E-state index >= 15 is 0 Å². The van der Waals surface area contributed by atoms with Gasteiger partial charge >= 0.3 is 0 Å². The highest BCUT2D eigenvalue weighted by Gasteiger charge is 2.18. The van der Waals surface area contributed by atoms with Gasteiger partial charge in [0, 0.05) is 15.5 Å². The third-order valence-corrected chi connectivity index (χ3v) is 2.70. The lowest BCUT2D eigenvalue weighted by Gasteiger charge is -2.04. The van der Waals surface area contributed by atoms with Gasteiger partial charge in [-0.15, -0.1) is 0 Å². The van der Waals surface area contributed by atoms with Crippen LogP contribution in [0.3, 0.4) is 0 Å². The summed E-state index contributed by atoms with van der Waals surface area (Å²) < 4.78 is 0. The number of amides is 1. The van der Waals surface area contributed by atoms with E-state index in [-0.39, 0.29) is 11.1 Å². The Bertz CT molecular complexity index is 723. The van der Waals surface area contributed by atoms with Gasteiger partial charge in [-0.25, -0.2) is 0 Å². The molecular formula is C12H6ClN5O2. The Hall–Kier alpha value is -2.76. The van der Waals surface area contributed by atoms with Crippen molar-refractivity contribution in [2.24, 2.45) is 5.11 Å². The summed E-state index contributed by atoms with van der Waals surface area (Å²) in [5.41, 5.74) is 8.52. The summed E-state index contributed by atoms with van der Waals surface area (Å²) in [4.78, 5) is 26.3. The Morgan fingerprint density at radius 1 is 1.10 bits per heavy atom. The maximum Gasteiger partial charge on any atom is 0.251 e. The second kappa shape index (κ2) is 5.92. The standard InChI is InChI=1S/C12H6ClN5O2/c13-8-3-1-7(2-4-8)11(19)9-5-15-16-6-10(9)12(20)17-18-14/h1-6H. The molecule has 0 aliphatic rings. The van der Waals surface area contributed by atoms with Crippen LogP contribution < -0.4 is 0 Å². The first-order chi connectivity index (χ1) is 9.63. The van der Waals surface area contributed by atoms with Gasteiger partial charge in [0.2, 0.25) is 0 Å². The fourth-order valence-corrected chi connectivity index (χ4v) is 1.65. The van der Waals surface area contributed by atoms with Crippen molar-refractivity contribution in [1.82, 2.24) is 10.2 Å². The van der Waals surface area contributed by atoms with Gasteiger partial charge in [0.05, 0.1) is 23.5 Å². The SMILES string of the molecule is [N-]=[N+]=NC(=O)c1cnncc1C(=O)c1ccc(Cl)cc1. The van der Waals surface area contributed by atoms with Crippen LogP contribution in [0.4, 0.5) is 0 Å². The molecule has 7 nitrogen and oxygen atoms in total. The van der Waals surface area contributed by atoms with Gasteiger partial charge in [0.1, 0.15) is 0 Å². The molecule has 1 aromatic heterocycles. The summed E-state index contributed by atoms with van der Waals surface area (Å²) >= 11 is 5.74. The molecule has 1 heterocycles. The maximum absolute atomic E-state index is 12.3. The molecule has 0 aliphatic heterocycles. The molecule has 2 rings (SSSR count). The molecule has 1 amide bonds. The fraction of sp³-hybridized carbons (Fsp3) is 0. The van der Waals surface area contributed by atoms with E-state index in [1.165, 1.54) is 12.1 Å². The van der Waals surface area contributed by atoms with Crippen molar-refractivity contribution in [3.63, 3.8) is 0 Å². The summed E-state index contributed by atoms with van der Waals surface area (Å²) in [5, 5.41) is 10.5. The lowest BCUT2D eigenvalue weighted by molar-refractivity contribution is 0.0980. The monoisotopic (exact) mass is 287 g/mol. The molecule has 8 heteroatoms. The summed E-state index contributed by atoms with van der Waals surface area (Å²) in [7, 11) is 0. The second-order valence-corrected chi connectivity index (χ2v) is 4.08. The zero-order chi connectivity index (χ0) is 14.5. The molecule has 0 unspecified atom stereocenters. The van der Waals surface area contributed by atoms with Gasteiger partial charge in [-0.1, -0.05) is 11.6 Å². The van der Waals surface area contributed by atoms with Crippen molar-refractivity contribution in [2.45, 2.75) is 0 Å². The molecular weight excluding hydrogens is 282 g/mol. The van der Waals surface area contributed by atoms with Crippen LogP contribution in [0.2, 0.25) is 5.02 Å². The maximum atomic E-state index is 12.3. The van der Waals surface area contributed by atoms with Crippen LogP contribution >= 0.6 is 11.6 Å². The van der Waals surface area contributed by atoms with Crippen LogP contribution in [-0.4, -0.2) is 21.9 Å². The first-order valence-corrected chi connectivity index (χ1v) is 5.71. The molecule has 20 heavy (non-hydrogen) atoms. The van der Waals surface area contributed by atoms with E-state index in [9.17, 15) is 9.59 Å². The number of ketones is 1. The lowest BCUT2D eigenvalue weighted by Crippen LogP contribution is -2.10. The van der Waals surface area contributed by atoms with Crippen molar-refractivity contribution in [3.8, 4) is 0 Å². The highest BCUT2D eigenvalue weighted by atomic mass is 35.5. The van der Waals surface area contributed by atoms with Crippen molar-refractivity contribution in [2.75, 3.05) is 0 Å². The van der Waals surface area contributed by atoms with E-state index in [0.29, 0.717) is 10.6 Å². The summed E-state index contributed by atoms with van der Waals surface area (Å²) in [6.45, 7) is 0. The van der Waals surface area contributed by atoms with E-state index in [0.717, 1.165) is 12.4 Å². The molecule has 0 bridgehead atoms. The fourth-order valence-electron chi connectivity index (χ4n) is 1.52. The number of hydrogen-bond donors (Lipinski definition) is 0. The van der Waals surface area contributed by atoms with E-state index in [4.69, 9.17) is 17.1 Å². The topological polar surface area (TPSA) is 109 Å². The minimum atomic E-state index is -0.889. The number of hydrogen-bond acceptors (Lipinski definition) is 4. The molecule has 0 atom stereocenters. The molecule has 98 valence electrons. The van der Waals surface area contributed by atoms with Crippen LogP contribution in [0.15, 0.2) is 41.8 Å². The molecule has 0 fully saturated rings. The van der Waals surface area contributed by atoms with Crippen molar-refractivity contribution in [3.05, 3.63) is 68.8 Å². The van der Waals surface area contributed by atoms with Gasteiger partial charge in [-0.2, -0.15) is 10.2 Å². The molecule has 0 saturated carbocycles. The Labute approximate surface area is 117 Å². The average molecular weight is 288 g/mol. The number of nitrogens with zero attached hydrogens (tertiary/aromatic N) is 5. The second-order valence-electron chi connectivity index (χ2n) is 3.65. The van der Waals surface area contributed by atoms with Crippen LogP contribution in [0.5, 0.6) is 0 Å². The number of halogens is 1. The number of benzene rings is 1. The molecule has 0 spiro atoms. The zero-order valence-electron chi connectivity index (χ0n) is 9.89. The van der Waals surface area contributed by atoms with Crippen LogP contribution in [-0.2, 0) is 0 Å². The van der Waals surface area contributed by atoms with Gasteiger partial charge in [0.15, 0.2) is 5.78 Å². The van der Waals surface area contributed by atoms with Crippen LogP contribution in [0.1, 0.15) is 26.3 Å². The summed E-state index contributed by atoms with van der Waals surface area (Å²) in [5.74, 6) is -1.33. The first-order valence-electron chi connectivity index (χ1n) is 5.34. The van der Waals surface area contributed by atoms with Crippen molar-refractivity contribution in [1.29, 1.82) is 0 Å². The van der Waals surface area contributed by atoms with Crippen LogP contribution in [0, 0.1) is 0 Å². The quantitative estimate of drug-likeness (QED) is 0.374. The molecule has 0 aliphatic carbocycles. The predicted octanol–water partition coefficient (Wildman–Crippen LogP) is 2.81. The largest absolute Gasteiger partial charge is 0.289 e. The van der Waals surface area contributed by atoms with E-state index in [2.05, 4.69) is 20.2 Å². The Balaban J connectivity index is 2.47. The summed E-state index contributed by atoms with van der Waals surface area (Å²) in [6.07, 6.45) is 2.23. The third-order valence-electron chi connectivity index (χ3n) is 2.45. The van der Waals surface area contributed by atoms with E-state index < -0.39 is 11.7 Å². The average Bonchev–Trinajstić information content (AvgIpc) is 2.47. The number of azide groups is 1. The van der Waals surface area contributed by atoms with Crippen LogP contribution in [0.25, 0.3) is 10.4 Å².